The van der Waals surface area contributed by atoms with Crippen molar-refractivity contribution in [3.63, 3.8) is 0 Å². The van der Waals surface area contributed by atoms with Crippen LogP contribution in [0, 0.1) is 0 Å². The van der Waals surface area contributed by atoms with E-state index in [1.807, 2.05) is 66.9 Å². The molecule has 0 spiro atoms. The van der Waals surface area contributed by atoms with Crippen LogP contribution in [-0.4, -0.2) is 38.0 Å². The first kappa shape index (κ1) is 21.2. The highest BCUT2D eigenvalue weighted by molar-refractivity contribution is 5.81. The van der Waals surface area contributed by atoms with Gasteiger partial charge >= 0.3 is 12.1 Å². The molecule has 0 heterocycles. The predicted octanol–water partition coefficient (Wildman–Crippen LogP) is 3.74. The summed E-state index contributed by atoms with van der Waals surface area (Å²) >= 11 is 0. The number of amides is 1. The van der Waals surface area contributed by atoms with E-state index in [1.54, 1.807) is 0 Å². The monoisotopic (exact) mass is 382 g/mol. The van der Waals surface area contributed by atoms with Crippen LogP contribution >= 0.6 is 0 Å². The fraction of sp³-hybridized carbons (Fsp3) is 0.318. The zero-order valence-corrected chi connectivity index (χ0v) is 16.0. The summed E-state index contributed by atoms with van der Waals surface area (Å²) < 4.78 is 9.94. The van der Waals surface area contributed by atoms with Gasteiger partial charge in [0, 0.05) is 12.8 Å². The molecule has 2 rings (SSSR count). The molecule has 0 aromatic heterocycles. The molecule has 6 nitrogen and oxygen atoms in total. The third kappa shape index (κ3) is 8.03. The van der Waals surface area contributed by atoms with Gasteiger partial charge in [-0.1, -0.05) is 60.7 Å². The maximum atomic E-state index is 12.0. The van der Waals surface area contributed by atoms with E-state index in [4.69, 9.17) is 9.47 Å². The van der Waals surface area contributed by atoms with E-state index in [0.717, 1.165) is 24.0 Å². The molecule has 0 bridgehead atoms. The number of carbonyl (C=O) groups is 2. The lowest BCUT2D eigenvalue weighted by Gasteiger charge is -2.16. The number of benzene rings is 2. The molecule has 2 aromatic rings. The smallest absolute Gasteiger partial charge is 0.408 e. The van der Waals surface area contributed by atoms with Crippen LogP contribution in [0.5, 0.6) is 0 Å². The van der Waals surface area contributed by atoms with Crippen LogP contribution in [0.15, 0.2) is 65.7 Å². The Morgan fingerprint density at radius 1 is 1.04 bits per heavy atom. The number of carbonyl (C=O) groups excluding carboxylic acids is 2. The van der Waals surface area contributed by atoms with E-state index in [1.165, 1.54) is 7.11 Å². The molecule has 148 valence electrons. The number of alkyl carbamates (subject to hydrolysis) is 1. The Morgan fingerprint density at radius 2 is 1.71 bits per heavy atom. The summed E-state index contributed by atoms with van der Waals surface area (Å²) in [6.45, 7) is 0.802. The SMILES string of the molecule is COC(=O)[C@H](CCCCN=Cc1ccccc1)NC(=O)OCc1ccccc1. The number of esters is 1. The van der Waals surface area contributed by atoms with Crippen molar-refractivity contribution < 1.29 is 19.1 Å². The van der Waals surface area contributed by atoms with E-state index in [9.17, 15) is 9.59 Å². The van der Waals surface area contributed by atoms with Crippen molar-refractivity contribution in [1.82, 2.24) is 5.32 Å². The van der Waals surface area contributed by atoms with Gasteiger partial charge in [-0.25, -0.2) is 9.59 Å². The van der Waals surface area contributed by atoms with Gasteiger partial charge in [0.1, 0.15) is 12.6 Å². The molecule has 0 unspecified atom stereocenters. The third-order valence-electron chi connectivity index (χ3n) is 4.06. The van der Waals surface area contributed by atoms with Crippen molar-refractivity contribution in [2.75, 3.05) is 13.7 Å². The summed E-state index contributed by atoms with van der Waals surface area (Å²) in [4.78, 5) is 28.3. The molecule has 0 fully saturated rings. The molecule has 1 amide bonds. The van der Waals surface area contributed by atoms with Crippen LogP contribution in [-0.2, 0) is 20.9 Å². The van der Waals surface area contributed by atoms with Crippen LogP contribution in [0.25, 0.3) is 0 Å². The van der Waals surface area contributed by atoms with Crippen LogP contribution in [0.2, 0.25) is 0 Å². The highest BCUT2D eigenvalue weighted by Crippen LogP contribution is 2.06. The van der Waals surface area contributed by atoms with Crippen molar-refractivity contribution in [2.24, 2.45) is 4.99 Å². The first-order valence-corrected chi connectivity index (χ1v) is 9.29. The zero-order chi connectivity index (χ0) is 20.0. The number of nitrogens with zero attached hydrogens (tertiary/aromatic N) is 1. The van der Waals surface area contributed by atoms with E-state index >= 15 is 0 Å². The Morgan fingerprint density at radius 3 is 2.39 bits per heavy atom. The van der Waals surface area contributed by atoms with E-state index < -0.39 is 18.1 Å². The number of rotatable bonds is 10. The number of unbranched alkanes of at least 4 members (excludes halogenated alkanes) is 1. The summed E-state index contributed by atoms with van der Waals surface area (Å²) in [5.41, 5.74) is 1.93. The molecule has 28 heavy (non-hydrogen) atoms. The molecule has 1 N–H and O–H groups in total. The minimum Gasteiger partial charge on any atom is -0.467 e. The Balaban J connectivity index is 1.71. The lowest BCUT2D eigenvalue weighted by Crippen LogP contribution is -2.41. The maximum absolute atomic E-state index is 12.0. The highest BCUT2D eigenvalue weighted by Gasteiger charge is 2.21. The Labute approximate surface area is 165 Å². The zero-order valence-electron chi connectivity index (χ0n) is 16.0. The molecule has 0 saturated carbocycles. The molecule has 0 aliphatic carbocycles. The Kier molecular flexibility index (Phi) is 9.27. The first-order chi connectivity index (χ1) is 13.7. The van der Waals surface area contributed by atoms with Gasteiger partial charge in [-0.05, 0) is 30.4 Å². The molecule has 6 heteroatoms. The first-order valence-electron chi connectivity index (χ1n) is 9.29. The van der Waals surface area contributed by atoms with Gasteiger partial charge in [0.15, 0.2) is 0 Å². The van der Waals surface area contributed by atoms with E-state index in [-0.39, 0.29) is 6.61 Å². The fourth-order valence-electron chi connectivity index (χ4n) is 2.56. The summed E-state index contributed by atoms with van der Waals surface area (Å²) in [5.74, 6) is -0.482. The minimum absolute atomic E-state index is 0.148. The van der Waals surface area contributed by atoms with Gasteiger partial charge in [0.05, 0.1) is 7.11 Å². The number of nitrogens with one attached hydrogen (secondary N) is 1. The lowest BCUT2D eigenvalue weighted by molar-refractivity contribution is -0.143. The largest absolute Gasteiger partial charge is 0.467 e. The molecule has 0 aliphatic heterocycles. The molecule has 0 radical (unpaired) electrons. The van der Waals surface area contributed by atoms with Gasteiger partial charge in [-0.15, -0.1) is 0 Å². The molecule has 0 saturated heterocycles. The van der Waals surface area contributed by atoms with Crippen LogP contribution < -0.4 is 5.32 Å². The maximum Gasteiger partial charge on any atom is 0.408 e. The lowest BCUT2D eigenvalue weighted by atomic mass is 10.1. The van der Waals surface area contributed by atoms with Crippen molar-refractivity contribution in [2.45, 2.75) is 31.9 Å². The predicted molar refractivity (Wildman–Crippen MR) is 108 cm³/mol. The average Bonchev–Trinajstić information content (AvgIpc) is 2.74. The molecular formula is C22H26N2O4. The van der Waals surface area contributed by atoms with E-state index in [2.05, 4.69) is 10.3 Å². The van der Waals surface area contributed by atoms with Gasteiger partial charge in [-0.2, -0.15) is 0 Å². The van der Waals surface area contributed by atoms with Gasteiger partial charge in [0.2, 0.25) is 0 Å². The number of aliphatic imine (C=N–C) groups is 1. The standard InChI is InChI=1S/C22H26N2O4/c1-27-21(25)20(24-22(26)28-17-19-12-6-3-7-13-19)14-8-9-15-23-16-18-10-4-2-5-11-18/h2-7,10-13,16,20H,8-9,14-15,17H2,1H3,(H,24,26)/t20-/m0/s1. The second-order valence-corrected chi connectivity index (χ2v) is 6.22. The topological polar surface area (TPSA) is 77.0 Å². The number of methoxy groups -OCH3 is 1. The Bertz CT molecular complexity index is 748. The van der Waals surface area contributed by atoms with Gasteiger partial charge in [-0.3, -0.25) is 4.99 Å². The van der Waals surface area contributed by atoms with Crippen molar-refractivity contribution in [3.8, 4) is 0 Å². The second kappa shape index (κ2) is 12.3. The van der Waals surface area contributed by atoms with Crippen molar-refractivity contribution in [1.29, 1.82) is 0 Å². The minimum atomic E-state index is -0.730. The quantitative estimate of drug-likeness (QED) is 0.386. The number of ether oxygens (including phenoxy) is 2. The average molecular weight is 382 g/mol. The summed E-state index contributed by atoms with van der Waals surface area (Å²) in [6, 6.07) is 18.5. The molecule has 0 aliphatic rings. The summed E-state index contributed by atoms with van der Waals surface area (Å²) in [6.07, 6.45) is 3.19. The third-order valence-corrected chi connectivity index (χ3v) is 4.06. The summed E-state index contributed by atoms with van der Waals surface area (Å²) in [5, 5.41) is 2.58. The fourth-order valence-corrected chi connectivity index (χ4v) is 2.56. The van der Waals surface area contributed by atoms with E-state index in [0.29, 0.717) is 13.0 Å². The molecular weight excluding hydrogens is 356 g/mol. The van der Waals surface area contributed by atoms with Crippen LogP contribution in [0.3, 0.4) is 0 Å². The van der Waals surface area contributed by atoms with Gasteiger partial charge in [0.25, 0.3) is 0 Å². The van der Waals surface area contributed by atoms with Crippen molar-refractivity contribution in [3.05, 3.63) is 71.8 Å². The number of hydrogen-bond donors (Lipinski definition) is 1. The normalized spacial score (nSPS) is 11.8. The second-order valence-electron chi connectivity index (χ2n) is 6.22. The van der Waals surface area contributed by atoms with Crippen LogP contribution in [0.1, 0.15) is 30.4 Å². The molecule has 2 aromatic carbocycles. The number of hydrogen-bond acceptors (Lipinski definition) is 5. The van der Waals surface area contributed by atoms with Gasteiger partial charge < -0.3 is 14.8 Å². The van der Waals surface area contributed by atoms with Crippen molar-refractivity contribution >= 4 is 18.3 Å². The highest BCUT2D eigenvalue weighted by atomic mass is 16.6. The molecule has 1 atom stereocenters. The summed E-state index contributed by atoms with van der Waals surface area (Å²) in [7, 11) is 1.30. The van der Waals surface area contributed by atoms with Crippen LogP contribution in [0.4, 0.5) is 4.79 Å². The Hall–Kier alpha value is -3.15.